The van der Waals surface area contributed by atoms with Gasteiger partial charge in [0.25, 0.3) is 5.91 Å². The predicted octanol–water partition coefficient (Wildman–Crippen LogP) is 5.01. The van der Waals surface area contributed by atoms with Gasteiger partial charge in [0, 0.05) is 4.47 Å². The molecule has 0 aliphatic carbocycles. The molecule has 1 N–H and O–H groups in total. The van der Waals surface area contributed by atoms with Gasteiger partial charge >= 0.3 is 0 Å². The number of benzene rings is 2. The SMILES string of the molecule is COc1cc(/C=C2\SC(=Nc3ccc(Br)cc3)NC2=O)cc(Br)c1OCC#N. The van der Waals surface area contributed by atoms with E-state index in [0.29, 0.717) is 26.0 Å². The summed E-state index contributed by atoms with van der Waals surface area (Å²) in [5.74, 6) is 0.677. The van der Waals surface area contributed by atoms with Crippen molar-refractivity contribution in [3.63, 3.8) is 0 Å². The Labute approximate surface area is 182 Å². The molecule has 1 amide bonds. The third kappa shape index (κ3) is 4.95. The largest absolute Gasteiger partial charge is 0.493 e. The Morgan fingerprint density at radius 3 is 2.71 bits per heavy atom. The molecule has 1 saturated heterocycles. The highest BCUT2D eigenvalue weighted by molar-refractivity contribution is 9.10. The molecule has 3 rings (SSSR count). The van der Waals surface area contributed by atoms with Gasteiger partial charge in [-0.3, -0.25) is 4.79 Å². The Kier molecular flexibility index (Phi) is 6.78. The van der Waals surface area contributed by atoms with Crippen molar-refractivity contribution >= 4 is 66.5 Å². The van der Waals surface area contributed by atoms with Crippen LogP contribution in [0.4, 0.5) is 5.69 Å². The number of methoxy groups -OCH3 is 1. The fraction of sp³-hybridized carbons (Fsp3) is 0.105. The van der Waals surface area contributed by atoms with Crippen molar-refractivity contribution in [2.75, 3.05) is 13.7 Å². The molecule has 1 aliphatic heterocycles. The highest BCUT2D eigenvalue weighted by atomic mass is 79.9. The predicted molar refractivity (Wildman–Crippen MR) is 117 cm³/mol. The summed E-state index contributed by atoms with van der Waals surface area (Å²) in [5.41, 5.74) is 1.49. The Morgan fingerprint density at radius 1 is 1.29 bits per heavy atom. The van der Waals surface area contributed by atoms with Crippen LogP contribution in [0.5, 0.6) is 11.5 Å². The number of amidine groups is 1. The van der Waals surface area contributed by atoms with E-state index in [1.165, 1.54) is 18.9 Å². The molecular formula is C19H13Br2N3O3S. The maximum Gasteiger partial charge on any atom is 0.264 e. The first kappa shape index (κ1) is 20.5. The lowest BCUT2D eigenvalue weighted by atomic mass is 10.2. The third-order valence-electron chi connectivity index (χ3n) is 3.54. The molecule has 2 aromatic carbocycles. The van der Waals surface area contributed by atoms with E-state index in [1.807, 2.05) is 30.3 Å². The number of nitrogens with zero attached hydrogens (tertiary/aromatic N) is 2. The van der Waals surface area contributed by atoms with Gasteiger partial charge in [0.1, 0.15) is 6.07 Å². The van der Waals surface area contributed by atoms with Gasteiger partial charge in [-0.25, -0.2) is 4.99 Å². The van der Waals surface area contributed by atoms with Gasteiger partial charge in [0.15, 0.2) is 23.3 Å². The summed E-state index contributed by atoms with van der Waals surface area (Å²) in [5, 5.41) is 12.0. The number of amides is 1. The Bertz CT molecular complexity index is 1010. The summed E-state index contributed by atoms with van der Waals surface area (Å²) < 4.78 is 12.3. The molecule has 1 fully saturated rings. The molecule has 0 saturated carbocycles. The number of hydrogen-bond acceptors (Lipinski definition) is 6. The van der Waals surface area contributed by atoms with Crippen LogP contribution in [0.2, 0.25) is 0 Å². The molecular weight excluding hydrogens is 510 g/mol. The highest BCUT2D eigenvalue weighted by Crippen LogP contribution is 2.38. The van der Waals surface area contributed by atoms with Crippen molar-refractivity contribution < 1.29 is 14.3 Å². The number of halogens is 2. The number of nitrogens with one attached hydrogen (secondary N) is 1. The molecule has 0 unspecified atom stereocenters. The summed E-state index contributed by atoms with van der Waals surface area (Å²) in [6, 6.07) is 12.9. The van der Waals surface area contributed by atoms with Crippen molar-refractivity contribution in [2.24, 2.45) is 4.99 Å². The van der Waals surface area contributed by atoms with Gasteiger partial charge < -0.3 is 14.8 Å². The van der Waals surface area contributed by atoms with Crippen LogP contribution in [0.15, 0.2) is 55.2 Å². The van der Waals surface area contributed by atoms with Crippen LogP contribution in [0.1, 0.15) is 5.56 Å². The standard InChI is InChI=1S/C19H13Br2N3O3S/c1-26-15-9-11(8-14(21)17(15)27-7-6-22)10-16-18(25)24-19(28-16)23-13-4-2-12(20)3-5-13/h2-5,8-10H,7H2,1H3,(H,23,24,25)/b16-10-. The zero-order chi connectivity index (χ0) is 20.1. The number of carbonyl (C=O) groups excluding carboxylic acids is 1. The summed E-state index contributed by atoms with van der Waals surface area (Å²) >= 11 is 8.05. The lowest BCUT2D eigenvalue weighted by Gasteiger charge is -2.11. The average molecular weight is 523 g/mol. The van der Waals surface area contributed by atoms with Crippen molar-refractivity contribution in [1.29, 1.82) is 5.26 Å². The highest BCUT2D eigenvalue weighted by Gasteiger charge is 2.24. The van der Waals surface area contributed by atoms with Gasteiger partial charge in [0.05, 0.1) is 22.2 Å². The Hall–Kier alpha value is -2.28. The van der Waals surface area contributed by atoms with Crippen LogP contribution < -0.4 is 14.8 Å². The molecule has 0 atom stereocenters. The second kappa shape index (κ2) is 9.28. The second-order valence-electron chi connectivity index (χ2n) is 5.44. The Balaban J connectivity index is 1.85. The van der Waals surface area contributed by atoms with Crippen LogP contribution in [0, 0.1) is 11.3 Å². The lowest BCUT2D eigenvalue weighted by Crippen LogP contribution is -2.19. The maximum atomic E-state index is 12.3. The zero-order valence-corrected chi connectivity index (χ0v) is 18.5. The van der Waals surface area contributed by atoms with E-state index in [2.05, 4.69) is 42.2 Å². The second-order valence-corrected chi connectivity index (χ2v) is 8.24. The van der Waals surface area contributed by atoms with Gasteiger partial charge in [-0.15, -0.1) is 0 Å². The topological polar surface area (TPSA) is 83.7 Å². The monoisotopic (exact) mass is 521 g/mol. The first-order chi connectivity index (χ1) is 13.5. The van der Waals surface area contributed by atoms with Crippen molar-refractivity contribution in [2.45, 2.75) is 0 Å². The smallest absolute Gasteiger partial charge is 0.264 e. The quantitative estimate of drug-likeness (QED) is 0.558. The molecule has 28 heavy (non-hydrogen) atoms. The van der Waals surface area contributed by atoms with E-state index >= 15 is 0 Å². The molecule has 6 nitrogen and oxygen atoms in total. The van der Waals surface area contributed by atoms with Gasteiger partial charge in [-0.05, 0) is 75.7 Å². The van der Waals surface area contributed by atoms with E-state index < -0.39 is 0 Å². The molecule has 9 heteroatoms. The molecule has 0 radical (unpaired) electrons. The Morgan fingerprint density at radius 2 is 2.04 bits per heavy atom. The van der Waals surface area contributed by atoms with Crippen LogP contribution in [-0.2, 0) is 4.79 Å². The van der Waals surface area contributed by atoms with Crippen molar-refractivity contribution in [1.82, 2.24) is 5.32 Å². The van der Waals surface area contributed by atoms with E-state index in [0.717, 1.165) is 15.7 Å². The molecule has 2 aromatic rings. The van der Waals surface area contributed by atoms with Crippen LogP contribution in [0.3, 0.4) is 0 Å². The first-order valence-corrected chi connectivity index (χ1v) is 10.3. The van der Waals surface area contributed by atoms with E-state index in [9.17, 15) is 4.79 Å². The fourth-order valence-corrected chi connectivity index (χ4v) is 4.01. The average Bonchev–Trinajstić information content (AvgIpc) is 3.01. The molecule has 0 aromatic heterocycles. The summed E-state index contributed by atoms with van der Waals surface area (Å²) in [4.78, 5) is 17.2. The molecule has 0 bridgehead atoms. The number of ether oxygens (including phenoxy) is 2. The minimum absolute atomic E-state index is 0.0937. The van der Waals surface area contributed by atoms with Gasteiger partial charge in [-0.2, -0.15) is 5.26 Å². The van der Waals surface area contributed by atoms with Crippen LogP contribution >= 0.6 is 43.6 Å². The molecule has 1 heterocycles. The minimum Gasteiger partial charge on any atom is -0.493 e. The van der Waals surface area contributed by atoms with Crippen molar-refractivity contribution in [3.05, 3.63) is 55.8 Å². The van der Waals surface area contributed by atoms with Crippen LogP contribution in [-0.4, -0.2) is 24.8 Å². The summed E-state index contributed by atoms with van der Waals surface area (Å²) in [6.07, 6.45) is 1.74. The van der Waals surface area contributed by atoms with E-state index in [-0.39, 0.29) is 12.5 Å². The minimum atomic E-state index is -0.222. The summed E-state index contributed by atoms with van der Waals surface area (Å²) in [6.45, 7) is -0.0937. The lowest BCUT2D eigenvalue weighted by molar-refractivity contribution is -0.115. The number of nitriles is 1. The number of rotatable bonds is 5. The van der Waals surface area contributed by atoms with Crippen molar-refractivity contribution in [3.8, 4) is 17.6 Å². The first-order valence-electron chi connectivity index (χ1n) is 7.92. The van der Waals surface area contributed by atoms with Gasteiger partial charge in [-0.1, -0.05) is 15.9 Å². The number of aliphatic imine (C=N–C) groups is 1. The maximum absolute atomic E-state index is 12.3. The normalized spacial score (nSPS) is 16.1. The number of hydrogen-bond donors (Lipinski definition) is 1. The third-order valence-corrected chi connectivity index (χ3v) is 5.57. The van der Waals surface area contributed by atoms with Gasteiger partial charge in [0.2, 0.25) is 0 Å². The van der Waals surface area contributed by atoms with E-state index in [4.69, 9.17) is 14.7 Å². The number of carbonyl (C=O) groups is 1. The molecule has 142 valence electrons. The number of thioether (sulfide) groups is 1. The molecule has 0 spiro atoms. The zero-order valence-electron chi connectivity index (χ0n) is 14.5. The van der Waals surface area contributed by atoms with E-state index in [1.54, 1.807) is 18.2 Å². The molecule has 1 aliphatic rings. The van der Waals surface area contributed by atoms with Crippen LogP contribution in [0.25, 0.3) is 6.08 Å². The fourth-order valence-electron chi connectivity index (χ4n) is 2.33. The summed E-state index contributed by atoms with van der Waals surface area (Å²) in [7, 11) is 1.51.